The van der Waals surface area contributed by atoms with Gasteiger partial charge in [-0.1, -0.05) is 13.0 Å². The predicted molar refractivity (Wildman–Crippen MR) is 103 cm³/mol. The van der Waals surface area contributed by atoms with Crippen LogP contribution in [0.25, 0.3) is 0 Å². The van der Waals surface area contributed by atoms with E-state index in [1.165, 1.54) is 19.3 Å². The second kappa shape index (κ2) is 8.15. The Morgan fingerprint density at radius 1 is 1.26 bits per heavy atom. The summed E-state index contributed by atoms with van der Waals surface area (Å²) in [7, 11) is 0. The highest BCUT2D eigenvalue weighted by Crippen LogP contribution is 2.47. The fourth-order valence-electron chi connectivity index (χ4n) is 3.73. The van der Waals surface area contributed by atoms with E-state index in [2.05, 4.69) is 23.3 Å². The number of ether oxygens (including phenoxy) is 1. The maximum atomic E-state index is 12.1. The number of carbonyl (C=O) groups excluding carboxylic acids is 1. The number of carbonyl (C=O) groups is 1. The molecule has 27 heavy (non-hydrogen) atoms. The Balaban J connectivity index is 1.18. The van der Waals surface area contributed by atoms with E-state index >= 15 is 0 Å². The van der Waals surface area contributed by atoms with Gasteiger partial charge in [0.1, 0.15) is 17.6 Å². The van der Waals surface area contributed by atoms with Gasteiger partial charge in [0.2, 0.25) is 11.8 Å². The van der Waals surface area contributed by atoms with Crippen LogP contribution in [0.15, 0.2) is 34.9 Å². The van der Waals surface area contributed by atoms with Crippen LogP contribution < -0.4 is 10.1 Å². The topological polar surface area (TPSA) is 64.4 Å². The molecule has 0 bridgehead atoms. The van der Waals surface area contributed by atoms with E-state index in [9.17, 15) is 4.79 Å². The highest BCUT2D eigenvalue weighted by atomic mass is 16.5. The lowest BCUT2D eigenvalue weighted by Crippen LogP contribution is -2.23. The Kier molecular flexibility index (Phi) is 5.46. The molecule has 2 unspecified atom stereocenters. The Labute approximate surface area is 160 Å². The summed E-state index contributed by atoms with van der Waals surface area (Å²) >= 11 is 0. The molecule has 2 heterocycles. The second-order valence-electron chi connectivity index (χ2n) is 7.93. The number of furan rings is 1. The zero-order chi connectivity index (χ0) is 18.6. The number of aryl methyl sites for hydroxylation is 1. The SMILES string of the molecule is CC1CC1c1ccc(CCC(=O)NCc2ccc(OC3CCCC3)nc2)o1. The fraction of sp³-hybridized carbons (Fsp3) is 0.545. The predicted octanol–water partition coefficient (Wildman–Crippen LogP) is 4.37. The average molecular weight is 368 g/mol. The zero-order valence-electron chi connectivity index (χ0n) is 15.9. The van der Waals surface area contributed by atoms with E-state index in [0.717, 1.165) is 35.8 Å². The molecule has 0 aliphatic heterocycles. The van der Waals surface area contributed by atoms with Gasteiger partial charge in [0.25, 0.3) is 0 Å². The average Bonchev–Trinajstić information content (AvgIpc) is 3.07. The van der Waals surface area contributed by atoms with Gasteiger partial charge in [0, 0.05) is 37.6 Å². The van der Waals surface area contributed by atoms with Gasteiger partial charge in [-0.25, -0.2) is 4.98 Å². The van der Waals surface area contributed by atoms with Crippen molar-refractivity contribution in [3.05, 3.63) is 47.5 Å². The van der Waals surface area contributed by atoms with Crippen molar-refractivity contribution >= 4 is 5.91 Å². The summed E-state index contributed by atoms with van der Waals surface area (Å²) in [4.78, 5) is 16.5. The van der Waals surface area contributed by atoms with Gasteiger partial charge in [-0.15, -0.1) is 0 Å². The maximum Gasteiger partial charge on any atom is 0.220 e. The highest BCUT2D eigenvalue weighted by molar-refractivity contribution is 5.76. The van der Waals surface area contributed by atoms with Crippen molar-refractivity contribution in [3.8, 4) is 5.88 Å². The van der Waals surface area contributed by atoms with Gasteiger partial charge in [0.15, 0.2) is 0 Å². The molecule has 2 aliphatic carbocycles. The molecule has 2 fully saturated rings. The molecule has 0 spiro atoms. The van der Waals surface area contributed by atoms with Crippen LogP contribution in [-0.4, -0.2) is 17.0 Å². The van der Waals surface area contributed by atoms with Crippen LogP contribution in [0, 0.1) is 5.92 Å². The first-order valence-electron chi connectivity index (χ1n) is 10.1. The van der Waals surface area contributed by atoms with E-state index < -0.39 is 0 Å². The number of nitrogens with zero attached hydrogens (tertiary/aromatic N) is 1. The van der Waals surface area contributed by atoms with Gasteiger partial charge in [-0.3, -0.25) is 4.79 Å². The number of pyridine rings is 1. The van der Waals surface area contributed by atoms with Gasteiger partial charge in [0.05, 0.1) is 0 Å². The minimum atomic E-state index is 0.0269. The van der Waals surface area contributed by atoms with Crippen molar-refractivity contribution < 1.29 is 13.9 Å². The van der Waals surface area contributed by atoms with Crippen molar-refractivity contribution in [2.24, 2.45) is 5.92 Å². The summed E-state index contributed by atoms with van der Waals surface area (Å²) in [5, 5.41) is 2.95. The Hall–Kier alpha value is -2.30. The van der Waals surface area contributed by atoms with E-state index in [1.54, 1.807) is 6.20 Å². The van der Waals surface area contributed by atoms with Crippen molar-refractivity contribution in [2.75, 3.05) is 0 Å². The monoisotopic (exact) mass is 368 g/mol. The summed E-state index contributed by atoms with van der Waals surface area (Å²) in [6.45, 7) is 2.72. The van der Waals surface area contributed by atoms with Crippen LogP contribution in [0.4, 0.5) is 0 Å². The normalized spacial score (nSPS) is 22.0. The summed E-state index contributed by atoms with van der Waals surface area (Å²) in [5.74, 6) is 3.99. The van der Waals surface area contributed by atoms with Crippen LogP contribution >= 0.6 is 0 Å². The summed E-state index contributed by atoms with van der Waals surface area (Å²) in [5.41, 5.74) is 0.977. The summed E-state index contributed by atoms with van der Waals surface area (Å²) in [6.07, 6.45) is 9.11. The van der Waals surface area contributed by atoms with Gasteiger partial charge >= 0.3 is 0 Å². The minimum Gasteiger partial charge on any atom is -0.474 e. The molecule has 144 valence electrons. The molecule has 0 saturated heterocycles. The molecule has 2 saturated carbocycles. The van der Waals surface area contributed by atoms with Crippen molar-refractivity contribution in [2.45, 2.75) is 70.4 Å². The third-order valence-corrected chi connectivity index (χ3v) is 5.63. The molecule has 2 aliphatic rings. The van der Waals surface area contributed by atoms with Gasteiger partial charge < -0.3 is 14.5 Å². The molecule has 4 rings (SSSR count). The first-order valence-corrected chi connectivity index (χ1v) is 10.1. The number of rotatable bonds is 8. The van der Waals surface area contributed by atoms with Crippen molar-refractivity contribution in [1.29, 1.82) is 0 Å². The Bertz CT molecular complexity index is 762. The number of aromatic nitrogens is 1. The van der Waals surface area contributed by atoms with E-state index in [1.807, 2.05) is 18.2 Å². The Morgan fingerprint density at radius 2 is 2.07 bits per heavy atom. The second-order valence-corrected chi connectivity index (χ2v) is 7.93. The van der Waals surface area contributed by atoms with Crippen LogP contribution in [0.3, 0.4) is 0 Å². The number of hydrogen-bond acceptors (Lipinski definition) is 4. The van der Waals surface area contributed by atoms with E-state index in [0.29, 0.717) is 37.3 Å². The lowest BCUT2D eigenvalue weighted by Gasteiger charge is -2.12. The third-order valence-electron chi connectivity index (χ3n) is 5.63. The van der Waals surface area contributed by atoms with E-state index in [-0.39, 0.29) is 5.91 Å². The van der Waals surface area contributed by atoms with Crippen molar-refractivity contribution in [1.82, 2.24) is 10.3 Å². The Morgan fingerprint density at radius 3 is 2.78 bits per heavy atom. The molecular formula is C22H28N2O3. The molecule has 5 nitrogen and oxygen atoms in total. The minimum absolute atomic E-state index is 0.0269. The van der Waals surface area contributed by atoms with Crippen LogP contribution in [0.1, 0.15) is 68.5 Å². The quantitative estimate of drug-likeness (QED) is 0.751. The summed E-state index contributed by atoms with van der Waals surface area (Å²) < 4.78 is 11.7. The molecule has 0 radical (unpaired) electrons. The first-order chi connectivity index (χ1) is 13.2. The molecule has 5 heteroatoms. The zero-order valence-corrected chi connectivity index (χ0v) is 15.9. The number of nitrogens with one attached hydrogen (secondary N) is 1. The standard InChI is InChI=1S/C22H28N2O3/c1-15-12-19(15)20-9-7-18(26-20)8-10-21(25)23-13-16-6-11-22(24-14-16)27-17-4-2-3-5-17/h6-7,9,11,14-15,17,19H,2-5,8,10,12-13H2,1H3,(H,23,25). The van der Waals surface area contributed by atoms with E-state index in [4.69, 9.17) is 9.15 Å². The largest absolute Gasteiger partial charge is 0.474 e. The van der Waals surface area contributed by atoms with Crippen LogP contribution in [0.5, 0.6) is 5.88 Å². The molecule has 0 aromatic carbocycles. The molecule has 2 aromatic rings. The maximum absolute atomic E-state index is 12.1. The number of amides is 1. The smallest absolute Gasteiger partial charge is 0.220 e. The van der Waals surface area contributed by atoms with Crippen LogP contribution in [-0.2, 0) is 17.8 Å². The molecule has 1 amide bonds. The highest BCUT2D eigenvalue weighted by Gasteiger charge is 2.36. The van der Waals surface area contributed by atoms with Gasteiger partial charge in [-0.05, 0) is 55.7 Å². The lowest BCUT2D eigenvalue weighted by atomic mass is 10.2. The molecule has 2 atom stereocenters. The van der Waals surface area contributed by atoms with Gasteiger partial charge in [-0.2, -0.15) is 0 Å². The number of hydrogen-bond donors (Lipinski definition) is 1. The molecular weight excluding hydrogens is 340 g/mol. The van der Waals surface area contributed by atoms with Crippen molar-refractivity contribution in [3.63, 3.8) is 0 Å². The van der Waals surface area contributed by atoms with Crippen LogP contribution in [0.2, 0.25) is 0 Å². The fourth-order valence-corrected chi connectivity index (χ4v) is 3.73. The summed E-state index contributed by atoms with van der Waals surface area (Å²) in [6, 6.07) is 7.92. The third kappa shape index (κ3) is 4.90. The molecule has 1 N–H and O–H groups in total. The molecule has 2 aromatic heterocycles. The lowest BCUT2D eigenvalue weighted by molar-refractivity contribution is -0.121. The first kappa shape index (κ1) is 18.1.